The van der Waals surface area contributed by atoms with E-state index in [2.05, 4.69) is 11.4 Å². The maximum atomic E-state index is 9.49. The molecule has 70 valence electrons. The Morgan fingerprint density at radius 3 is 2.83 bits per heavy atom. The molecule has 0 fully saturated rings. The third-order valence-corrected chi connectivity index (χ3v) is 2.27. The summed E-state index contributed by atoms with van der Waals surface area (Å²) in [4.78, 5) is 0. The molecule has 3 N–H and O–H groups in total. The van der Waals surface area contributed by atoms with Crippen LogP contribution in [0.3, 0.4) is 0 Å². The first-order chi connectivity index (χ1) is 5.74. The van der Waals surface area contributed by atoms with Crippen LogP contribution in [-0.2, 0) is 0 Å². The molecule has 12 heavy (non-hydrogen) atoms. The van der Waals surface area contributed by atoms with Crippen LogP contribution in [0.4, 0.5) is 0 Å². The molecule has 0 saturated carbocycles. The van der Waals surface area contributed by atoms with E-state index in [1.165, 1.54) is 0 Å². The Morgan fingerprint density at radius 1 is 1.50 bits per heavy atom. The van der Waals surface area contributed by atoms with Crippen LogP contribution >= 0.6 is 0 Å². The van der Waals surface area contributed by atoms with Crippen LogP contribution < -0.4 is 5.32 Å². The summed E-state index contributed by atoms with van der Waals surface area (Å²) in [5.74, 6) is 0.261. The summed E-state index contributed by atoms with van der Waals surface area (Å²) >= 11 is 0. The number of aliphatic hydroxyl groups is 2. The van der Waals surface area contributed by atoms with Crippen molar-refractivity contribution < 1.29 is 10.2 Å². The van der Waals surface area contributed by atoms with Crippen LogP contribution in [0.5, 0.6) is 0 Å². The topological polar surface area (TPSA) is 52.5 Å². The van der Waals surface area contributed by atoms with E-state index < -0.39 is 0 Å². The van der Waals surface area contributed by atoms with Gasteiger partial charge in [-0.3, -0.25) is 0 Å². The molecule has 0 aromatic carbocycles. The third kappa shape index (κ3) is 2.59. The molecule has 3 nitrogen and oxygen atoms in total. The van der Waals surface area contributed by atoms with E-state index in [1.54, 1.807) is 0 Å². The predicted octanol–water partition coefficient (Wildman–Crippen LogP) is -0.106. The first-order valence-corrected chi connectivity index (χ1v) is 4.44. The lowest BCUT2D eigenvalue weighted by Crippen LogP contribution is -2.37. The van der Waals surface area contributed by atoms with Crippen LogP contribution in [-0.4, -0.2) is 35.5 Å². The van der Waals surface area contributed by atoms with Crippen molar-refractivity contribution in [2.24, 2.45) is 5.92 Å². The average Bonchev–Trinajstić information content (AvgIpc) is 2.07. The second-order valence-corrected chi connectivity index (χ2v) is 3.33. The molecule has 3 atom stereocenters. The lowest BCUT2D eigenvalue weighted by molar-refractivity contribution is 0.113. The minimum absolute atomic E-state index is 0.149. The normalized spacial score (nSPS) is 35.4. The van der Waals surface area contributed by atoms with Crippen molar-refractivity contribution in [2.75, 3.05) is 13.2 Å². The standard InChI is InChI=1S/C9H17NO2/c1-7-2-3-8(6-9(7)12)10-4-5-11/h2-3,7-12H,4-6H2,1H3. The minimum Gasteiger partial charge on any atom is -0.395 e. The van der Waals surface area contributed by atoms with Gasteiger partial charge in [0, 0.05) is 18.5 Å². The van der Waals surface area contributed by atoms with Crippen LogP contribution in [0.15, 0.2) is 12.2 Å². The highest BCUT2D eigenvalue weighted by Crippen LogP contribution is 2.17. The van der Waals surface area contributed by atoms with Crippen molar-refractivity contribution in [1.82, 2.24) is 5.32 Å². The number of hydrogen-bond acceptors (Lipinski definition) is 3. The Hall–Kier alpha value is -0.380. The van der Waals surface area contributed by atoms with E-state index in [4.69, 9.17) is 5.11 Å². The summed E-state index contributed by atoms with van der Waals surface area (Å²) in [6.45, 7) is 2.75. The van der Waals surface area contributed by atoms with Gasteiger partial charge in [0.05, 0.1) is 12.7 Å². The molecule has 1 aliphatic carbocycles. The van der Waals surface area contributed by atoms with Crippen molar-refractivity contribution >= 4 is 0 Å². The van der Waals surface area contributed by atoms with Crippen molar-refractivity contribution in [3.63, 3.8) is 0 Å². The molecule has 1 rings (SSSR count). The lowest BCUT2D eigenvalue weighted by Gasteiger charge is -2.26. The fraction of sp³-hybridized carbons (Fsp3) is 0.778. The number of nitrogens with one attached hydrogen (secondary N) is 1. The Bertz CT molecular complexity index is 159. The highest BCUT2D eigenvalue weighted by atomic mass is 16.3. The fourth-order valence-electron chi connectivity index (χ4n) is 1.39. The van der Waals surface area contributed by atoms with E-state index in [0.717, 1.165) is 6.42 Å². The Kier molecular flexibility index (Phi) is 3.72. The van der Waals surface area contributed by atoms with Crippen molar-refractivity contribution in [2.45, 2.75) is 25.5 Å². The smallest absolute Gasteiger partial charge is 0.0618 e. The van der Waals surface area contributed by atoms with Gasteiger partial charge in [-0.1, -0.05) is 19.1 Å². The third-order valence-electron chi connectivity index (χ3n) is 2.27. The van der Waals surface area contributed by atoms with Crippen molar-refractivity contribution in [3.05, 3.63) is 12.2 Å². The molecule has 0 heterocycles. The summed E-state index contributed by atoms with van der Waals surface area (Å²) in [6.07, 6.45) is 4.58. The van der Waals surface area contributed by atoms with Gasteiger partial charge in [0.15, 0.2) is 0 Å². The molecular weight excluding hydrogens is 154 g/mol. The SMILES string of the molecule is CC1C=CC(NCCO)CC1O. The van der Waals surface area contributed by atoms with Gasteiger partial charge in [0.25, 0.3) is 0 Å². The zero-order valence-corrected chi connectivity index (χ0v) is 7.40. The summed E-state index contributed by atoms with van der Waals surface area (Å²) in [7, 11) is 0. The summed E-state index contributed by atoms with van der Waals surface area (Å²) in [5, 5.41) is 21.2. The van der Waals surface area contributed by atoms with E-state index in [-0.39, 0.29) is 24.7 Å². The van der Waals surface area contributed by atoms with Gasteiger partial charge in [-0.05, 0) is 6.42 Å². The molecule has 0 amide bonds. The van der Waals surface area contributed by atoms with E-state index >= 15 is 0 Å². The Labute approximate surface area is 73.1 Å². The van der Waals surface area contributed by atoms with Gasteiger partial charge in [-0.2, -0.15) is 0 Å². The molecule has 1 aliphatic rings. The molecule has 3 heteroatoms. The monoisotopic (exact) mass is 171 g/mol. The fourth-order valence-corrected chi connectivity index (χ4v) is 1.39. The van der Waals surface area contributed by atoms with E-state index in [0.29, 0.717) is 6.54 Å². The highest BCUT2D eigenvalue weighted by Gasteiger charge is 2.20. The number of rotatable bonds is 3. The second kappa shape index (κ2) is 4.60. The summed E-state index contributed by atoms with van der Waals surface area (Å²) in [5.41, 5.74) is 0. The van der Waals surface area contributed by atoms with E-state index in [9.17, 15) is 5.11 Å². The molecule has 0 aliphatic heterocycles. The first-order valence-electron chi connectivity index (χ1n) is 4.44. The second-order valence-electron chi connectivity index (χ2n) is 3.33. The predicted molar refractivity (Wildman–Crippen MR) is 47.8 cm³/mol. The van der Waals surface area contributed by atoms with Crippen LogP contribution in [0.1, 0.15) is 13.3 Å². The molecule has 3 unspecified atom stereocenters. The van der Waals surface area contributed by atoms with Crippen LogP contribution in [0, 0.1) is 5.92 Å². The summed E-state index contributed by atoms with van der Waals surface area (Å²) in [6, 6.07) is 0.225. The molecule has 0 radical (unpaired) electrons. The van der Waals surface area contributed by atoms with Crippen LogP contribution in [0.2, 0.25) is 0 Å². The quantitative estimate of drug-likeness (QED) is 0.519. The van der Waals surface area contributed by atoms with Gasteiger partial charge in [-0.15, -0.1) is 0 Å². The summed E-state index contributed by atoms with van der Waals surface area (Å²) < 4.78 is 0. The van der Waals surface area contributed by atoms with Gasteiger partial charge >= 0.3 is 0 Å². The zero-order chi connectivity index (χ0) is 8.97. The molecule has 0 saturated heterocycles. The number of hydrogen-bond donors (Lipinski definition) is 3. The van der Waals surface area contributed by atoms with Gasteiger partial charge in [-0.25, -0.2) is 0 Å². The molecule has 0 bridgehead atoms. The highest BCUT2D eigenvalue weighted by molar-refractivity contribution is 5.03. The van der Waals surface area contributed by atoms with Crippen molar-refractivity contribution in [3.8, 4) is 0 Å². The lowest BCUT2D eigenvalue weighted by atomic mass is 9.91. The number of aliphatic hydroxyl groups excluding tert-OH is 2. The first kappa shape index (κ1) is 9.71. The Morgan fingerprint density at radius 2 is 2.25 bits per heavy atom. The Balaban J connectivity index is 2.33. The average molecular weight is 171 g/mol. The maximum Gasteiger partial charge on any atom is 0.0618 e. The largest absolute Gasteiger partial charge is 0.395 e. The van der Waals surface area contributed by atoms with Crippen molar-refractivity contribution in [1.29, 1.82) is 0 Å². The minimum atomic E-state index is -0.244. The van der Waals surface area contributed by atoms with Crippen LogP contribution in [0.25, 0.3) is 0 Å². The molecular formula is C9H17NO2. The molecule has 0 spiro atoms. The van der Waals surface area contributed by atoms with Gasteiger partial charge in [0.2, 0.25) is 0 Å². The zero-order valence-electron chi connectivity index (χ0n) is 7.40. The van der Waals surface area contributed by atoms with E-state index in [1.807, 2.05) is 13.0 Å². The maximum absolute atomic E-state index is 9.49. The molecule has 0 aromatic rings. The van der Waals surface area contributed by atoms with Gasteiger partial charge in [0.1, 0.15) is 0 Å². The van der Waals surface area contributed by atoms with Gasteiger partial charge < -0.3 is 15.5 Å². The molecule has 0 aromatic heterocycles.